The molecule has 7 aromatic rings. The van der Waals surface area contributed by atoms with E-state index < -0.39 is 0 Å². The molecular weight excluding hydrogens is 801 g/mol. The first-order valence-corrected chi connectivity index (χ1v) is 23.9. The van der Waals surface area contributed by atoms with Crippen molar-refractivity contribution in [1.82, 2.24) is 0 Å². The van der Waals surface area contributed by atoms with Crippen LogP contribution in [0.4, 0.5) is 11.4 Å². The van der Waals surface area contributed by atoms with Gasteiger partial charge in [0.1, 0.15) is 0 Å². The summed E-state index contributed by atoms with van der Waals surface area (Å²) in [4.78, 5) is 2.71. The topological polar surface area (TPSA) is 6.02 Å². The molecule has 0 aromatic heterocycles. The average molecular weight is 859 g/mol. The standard InChI is InChI=1S/C37H32NS.C22H26NS/c1-26-14-13-15-27(2)37(26)38-25-39-35(22-28(38)3)36-33(30-18-9-5-10-19-30)23-32(29-16-7-4-8-17-29)24-34(36)31-20-11-6-12-21-31;1-14-10-17(4)21(18(5)11-14)20-12-19(6)23(13-24-20)22-15(2)8-7-9-16(22)3/h4-24H,25H2,1-3H3;7-12H,13H2,1-6H3/q2*+1. The highest BCUT2D eigenvalue weighted by atomic mass is 32.2. The maximum atomic E-state index is 2.46. The Morgan fingerprint density at radius 2 is 0.714 bits per heavy atom. The molecule has 7 aromatic carbocycles. The molecule has 4 heteroatoms. The minimum absolute atomic E-state index is 0.881. The summed E-state index contributed by atoms with van der Waals surface area (Å²) in [7, 11) is 0. The van der Waals surface area contributed by atoms with E-state index in [1.54, 1.807) is 0 Å². The molecule has 0 saturated heterocycles. The molecule has 0 N–H and O–H groups in total. The van der Waals surface area contributed by atoms with Gasteiger partial charge < -0.3 is 0 Å². The first-order valence-electron chi connectivity index (χ1n) is 21.9. The van der Waals surface area contributed by atoms with Gasteiger partial charge in [-0.25, -0.2) is 0 Å². The lowest BCUT2D eigenvalue weighted by atomic mass is 9.87. The average Bonchev–Trinajstić information content (AvgIpc) is 3.28. The number of hydrogen-bond donors (Lipinski definition) is 0. The summed E-state index contributed by atoms with van der Waals surface area (Å²) in [5, 5.41) is 0. The Morgan fingerprint density at radius 1 is 0.349 bits per heavy atom. The van der Waals surface area contributed by atoms with Crippen LogP contribution in [0.1, 0.15) is 63.9 Å². The fraction of sp³-hybridized carbons (Fsp3) is 0.186. The van der Waals surface area contributed by atoms with Gasteiger partial charge in [0.25, 0.3) is 0 Å². The highest BCUT2D eigenvalue weighted by Gasteiger charge is 2.28. The van der Waals surface area contributed by atoms with Crippen LogP contribution in [0, 0.1) is 48.5 Å². The quantitative estimate of drug-likeness (QED) is 0.147. The van der Waals surface area contributed by atoms with Crippen molar-refractivity contribution < 1.29 is 9.15 Å². The van der Waals surface area contributed by atoms with Crippen LogP contribution >= 0.6 is 23.5 Å². The first-order chi connectivity index (χ1) is 30.5. The molecule has 2 aliphatic heterocycles. The Kier molecular flexibility index (Phi) is 13.3. The van der Waals surface area contributed by atoms with Gasteiger partial charge in [0, 0.05) is 63.6 Å². The van der Waals surface area contributed by atoms with Gasteiger partial charge in [-0.15, -0.1) is 0 Å². The Morgan fingerprint density at radius 3 is 1.10 bits per heavy atom. The third-order valence-electron chi connectivity index (χ3n) is 12.2. The predicted octanol–water partition coefficient (Wildman–Crippen LogP) is 16.2. The Balaban J connectivity index is 0.000000194. The fourth-order valence-electron chi connectivity index (χ4n) is 9.29. The van der Waals surface area contributed by atoms with Gasteiger partial charge in [-0.3, -0.25) is 0 Å². The molecule has 9 rings (SSSR count). The number of benzene rings is 7. The van der Waals surface area contributed by atoms with Crippen LogP contribution in [0.15, 0.2) is 164 Å². The minimum Gasteiger partial charge on any atom is -0.186 e. The number of para-hydroxylation sites is 2. The van der Waals surface area contributed by atoms with E-state index in [1.807, 2.05) is 23.5 Å². The molecule has 0 fully saturated rings. The van der Waals surface area contributed by atoms with Crippen LogP contribution in [0.2, 0.25) is 0 Å². The van der Waals surface area contributed by atoms with Crippen LogP contribution in [0.5, 0.6) is 0 Å². The normalized spacial score (nSPS) is 13.9. The molecule has 0 unspecified atom stereocenters. The van der Waals surface area contributed by atoms with Gasteiger partial charge in [-0.2, -0.15) is 9.15 Å². The molecule has 314 valence electrons. The Bertz CT molecular complexity index is 2830. The highest BCUT2D eigenvalue weighted by Crippen LogP contribution is 2.46. The van der Waals surface area contributed by atoms with Gasteiger partial charge in [0.05, 0.1) is 0 Å². The maximum absolute atomic E-state index is 2.46. The molecule has 63 heavy (non-hydrogen) atoms. The summed E-state index contributed by atoms with van der Waals surface area (Å²) in [5.74, 6) is 1.85. The summed E-state index contributed by atoms with van der Waals surface area (Å²) in [6, 6.07) is 54.8. The summed E-state index contributed by atoms with van der Waals surface area (Å²) in [5.41, 5.74) is 24.8. The van der Waals surface area contributed by atoms with Crippen LogP contribution < -0.4 is 0 Å². The van der Waals surface area contributed by atoms with Gasteiger partial charge >= 0.3 is 0 Å². The van der Waals surface area contributed by atoms with E-state index >= 15 is 0 Å². The lowest BCUT2D eigenvalue weighted by molar-refractivity contribution is -0.417. The number of aryl methyl sites for hydroxylation is 7. The largest absolute Gasteiger partial charge is 0.211 e. The van der Waals surface area contributed by atoms with Gasteiger partial charge in [0.15, 0.2) is 23.2 Å². The number of rotatable bonds is 7. The van der Waals surface area contributed by atoms with Crippen LogP contribution in [0.25, 0.3) is 43.2 Å². The third-order valence-corrected chi connectivity index (χ3v) is 14.3. The fourth-order valence-corrected chi connectivity index (χ4v) is 11.8. The molecule has 2 nitrogen and oxygen atoms in total. The number of hydrogen-bond acceptors (Lipinski definition) is 2. The minimum atomic E-state index is 0.881. The van der Waals surface area contributed by atoms with Crippen LogP contribution in [-0.4, -0.2) is 32.3 Å². The van der Waals surface area contributed by atoms with E-state index in [1.165, 1.54) is 116 Å². The predicted molar refractivity (Wildman–Crippen MR) is 277 cm³/mol. The Hall–Kier alpha value is -5.94. The lowest BCUT2D eigenvalue weighted by Crippen LogP contribution is -2.18. The van der Waals surface area contributed by atoms with Crippen molar-refractivity contribution in [2.45, 2.75) is 62.3 Å². The summed E-state index contributed by atoms with van der Waals surface area (Å²) >= 11 is 3.87. The molecule has 0 aliphatic carbocycles. The molecule has 2 aliphatic rings. The van der Waals surface area contributed by atoms with Crippen LogP contribution in [0.3, 0.4) is 0 Å². The van der Waals surface area contributed by atoms with Crippen molar-refractivity contribution in [3.05, 3.63) is 214 Å². The second-order valence-corrected chi connectivity index (χ2v) is 19.0. The van der Waals surface area contributed by atoms with E-state index in [4.69, 9.17) is 0 Å². The molecule has 0 amide bonds. The first kappa shape index (κ1) is 43.7. The number of nitrogens with zero attached hydrogens (tertiary/aromatic N) is 2. The van der Waals surface area contributed by atoms with Crippen molar-refractivity contribution in [1.29, 1.82) is 0 Å². The maximum Gasteiger partial charge on any atom is 0.211 e. The second-order valence-electron chi connectivity index (χ2n) is 17.0. The zero-order valence-electron chi connectivity index (χ0n) is 38.2. The Labute approximate surface area is 384 Å². The van der Waals surface area contributed by atoms with Crippen molar-refractivity contribution in [3.8, 4) is 33.4 Å². The van der Waals surface area contributed by atoms with Gasteiger partial charge in [-0.1, -0.05) is 169 Å². The van der Waals surface area contributed by atoms with E-state index in [0.717, 1.165) is 11.8 Å². The van der Waals surface area contributed by atoms with Crippen molar-refractivity contribution >= 4 is 56.1 Å². The lowest BCUT2D eigenvalue weighted by Gasteiger charge is -2.22. The zero-order valence-corrected chi connectivity index (χ0v) is 39.8. The highest BCUT2D eigenvalue weighted by molar-refractivity contribution is 8.08. The summed E-state index contributed by atoms with van der Waals surface area (Å²) in [6.07, 6.45) is 4.74. The molecule has 2 heterocycles. The number of thioether (sulfide) groups is 2. The molecular formula is C59H58N2S2+2. The molecule has 0 bridgehead atoms. The van der Waals surface area contributed by atoms with Gasteiger partial charge in [0.2, 0.25) is 11.4 Å². The molecule has 0 atom stereocenters. The SMILES string of the molecule is CC1=[N+](c2c(C)cccc2C)CSC(c2c(-c3ccccc3)cc(-c3ccccc3)cc2-c2ccccc2)=C1.CC1=[N+](c2c(C)cccc2C)CSC(c2c(C)cc(C)cc2C)=C1. The monoisotopic (exact) mass is 858 g/mol. The molecule has 0 radical (unpaired) electrons. The van der Waals surface area contributed by atoms with E-state index in [2.05, 4.69) is 235 Å². The third kappa shape index (κ3) is 9.39. The van der Waals surface area contributed by atoms with Gasteiger partial charge in [-0.05, 0) is 111 Å². The zero-order chi connectivity index (χ0) is 44.2. The molecule has 0 spiro atoms. The smallest absolute Gasteiger partial charge is 0.186 e. The van der Waals surface area contributed by atoms with E-state index in [9.17, 15) is 0 Å². The van der Waals surface area contributed by atoms with Crippen molar-refractivity contribution in [3.63, 3.8) is 0 Å². The van der Waals surface area contributed by atoms with E-state index in [-0.39, 0.29) is 0 Å². The number of allylic oxidation sites excluding steroid dienone is 2. The van der Waals surface area contributed by atoms with Crippen LogP contribution in [-0.2, 0) is 0 Å². The summed E-state index contributed by atoms with van der Waals surface area (Å²) < 4.78 is 4.90. The van der Waals surface area contributed by atoms with E-state index in [0.29, 0.717) is 0 Å². The van der Waals surface area contributed by atoms with Crippen molar-refractivity contribution in [2.75, 3.05) is 11.8 Å². The molecule has 0 saturated carbocycles. The summed E-state index contributed by atoms with van der Waals surface area (Å²) in [6.45, 7) is 19.9. The van der Waals surface area contributed by atoms with Crippen molar-refractivity contribution in [2.24, 2.45) is 0 Å². The second kappa shape index (κ2) is 19.2.